The van der Waals surface area contributed by atoms with Crippen LogP contribution < -0.4 is 16.4 Å². The van der Waals surface area contributed by atoms with E-state index in [1.54, 1.807) is 0 Å². The predicted molar refractivity (Wildman–Crippen MR) is 82.7 cm³/mol. The van der Waals surface area contributed by atoms with Gasteiger partial charge in [0.2, 0.25) is 5.91 Å². The summed E-state index contributed by atoms with van der Waals surface area (Å²) in [6.45, 7) is 5.64. The van der Waals surface area contributed by atoms with Crippen LogP contribution in [-0.4, -0.2) is 31.5 Å². The highest BCUT2D eigenvalue weighted by Gasteiger charge is 1.92. The number of hydrogen-bond donors (Lipinski definition) is 3. The molecule has 0 aromatic carbocycles. The van der Waals surface area contributed by atoms with Crippen molar-refractivity contribution < 1.29 is 4.79 Å². The molecule has 0 heterocycles. The van der Waals surface area contributed by atoms with Crippen LogP contribution in [0.15, 0.2) is 4.99 Å². The Kier molecular flexibility index (Phi) is 15.0. The maximum absolute atomic E-state index is 10.6. The van der Waals surface area contributed by atoms with Gasteiger partial charge in [-0.2, -0.15) is 0 Å². The van der Waals surface area contributed by atoms with E-state index in [-0.39, 0.29) is 29.9 Å². The summed E-state index contributed by atoms with van der Waals surface area (Å²) in [5, 5.41) is 5.61. The second-order valence-electron chi connectivity index (χ2n) is 3.74. The average Bonchev–Trinajstić information content (AvgIpc) is 2.24. The third-order valence-corrected chi connectivity index (χ3v) is 2.10. The van der Waals surface area contributed by atoms with Gasteiger partial charge >= 0.3 is 0 Å². The Morgan fingerprint density at radius 1 is 1.18 bits per heavy atom. The second-order valence-corrected chi connectivity index (χ2v) is 3.74. The van der Waals surface area contributed by atoms with Crippen LogP contribution in [0.4, 0.5) is 0 Å². The zero-order chi connectivity index (χ0) is 12.2. The number of amides is 1. The van der Waals surface area contributed by atoms with Crippen molar-refractivity contribution >= 4 is 35.8 Å². The molecule has 4 N–H and O–H groups in total. The molecule has 0 saturated heterocycles. The predicted octanol–water partition coefficient (Wildman–Crippen LogP) is 1.23. The minimum absolute atomic E-state index is 0. The molecule has 0 aliphatic heterocycles. The first kappa shape index (κ1) is 18.8. The van der Waals surface area contributed by atoms with Crippen LogP contribution in [0.25, 0.3) is 0 Å². The molecule has 0 atom stereocenters. The van der Waals surface area contributed by atoms with Crippen molar-refractivity contribution in [2.24, 2.45) is 10.7 Å². The number of carbonyl (C=O) groups is 1. The zero-order valence-corrected chi connectivity index (χ0v) is 13.1. The molecule has 102 valence electrons. The Balaban J connectivity index is 0. The Bertz CT molecular complexity index is 222. The van der Waals surface area contributed by atoms with Crippen molar-refractivity contribution in [3.63, 3.8) is 0 Å². The lowest BCUT2D eigenvalue weighted by atomic mass is 10.2. The molecule has 0 aliphatic carbocycles. The average molecular weight is 356 g/mol. The summed E-state index contributed by atoms with van der Waals surface area (Å²) in [6, 6.07) is 0. The van der Waals surface area contributed by atoms with Crippen LogP contribution in [0.2, 0.25) is 0 Å². The number of nitrogens with two attached hydrogens (primary N) is 1. The van der Waals surface area contributed by atoms with Crippen molar-refractivity contribution in [1.82, 2.24) is 10.6 Å². The SMILES string of the molecule is CCCCCCN=C(N)NCCNC(C)=O.I. The first-order valence-corrected chi connectivity index (χ1v) is 5.95. The number of hydrogen-bond acceptors (Lipinski definition) is 2. The van der Waals surface area contributed by atoms with E-state index < -0.39 is 0 Å². The monoisotopic (exact) mass is 356 g/mol. The molecule has 0 bridgehead atoms. The van der Waals surface area contributed by atoms with Crippen LogP contribution in [0.1, 0.15) is 39.5 Å². The van der Waals surface area contributed by atoms with Gasteiger partial charge in [0.1, 0.15) is 0 Å². The van der Waals surface area contributed by atoms with Crippen LogP contribution in [0.3, 0.4) is 0 Å². The topological polar surface area (TPSA) is 79.5 Å². The quantitative estimate of drug-likeness (QED) is 0.265. The summed E-state index contributed by atoms with van der Waals surface area (Å²) < 4.78 is 0. The van der Waals surface area contributed by atoms with Crippen molar-refractivity contribution in [3.8, 4) is 0 Å². The maximum atomic E-state index is 10.6. The molecule has 0 radical (unpaired) electrons. The van der Waals surface area contributed by atoms with E-state index in [0.29, 0.717) is 19.0 Å². The molecule has 5 nitrogen and oxygen atoms in total. The number of halogens is 1. The summed E-state index contributed by atoms with van der Waals surface area (Å²) in [4.78, 5) is 14.7. The highest BCUT2D eigenvalue weighted by molar-refractivity contribution is 14.0. The highest BCUT2D eigenvalue weighted by atomic mass is 127. The van der Waals surface area contributed by atoms with Crippen LogP contribution >= 0.6 is 24.0 Å². The third kappa shape index (κ3) is 15.5. The van der Waals surface area contributed by atoms with Gasteiger partial charge < -0.3 is 16.4 Å². The Hall–Kier alpha value is -0.530. The van der Waals surface area contributed by atoms with Gasteiger partial charge in [0.05, 0.1) is 0 Å². The van der Waals surface area contributed by atoms with E-state index in [0.717, 1.165) is 13.0 Å². The fourth-order valence-electron chi connectivity index (χ4n) is 1.22. The Morgan fingerprint density at radius 2 is 1.82 bits per heavy atom. The maximum Gasteiger partial charge on any atom is 0.216 e. The smallest absolute Gasteiger partial charge is 0.216 e. The molecule has 17 heavy (non-hydrogen) atoms. The molecule has 0 rings (SSSR count). The van der Waals surface area contributed by atoms with Gasteiger partial charge in [0, 0.05) is 26.6 Å². The molecular weight excluding hydrogens is 331 g/mol. The third-order valence-electron chi connectivity index (χ3n) is 2.10. The van der Waals surface area contributed by atoms with Gasteiger partial charge in [-0.3, -0.25) is 9.79 Å². The van der Waals surface area contributed by atoms with Gasteiger partial charge in [-0.1, -0.05) is 26.2 Å². The second kappa shape index (κ2) is 13.5. The Morgan fingerprint density at radius 3 is 2.41 bits per heavy atom. The summed E-state index contributed by atoms with van der Waals surface area (Å²) in [5.74, 6) is 0.429. The van der Waals surface area contributed by atoms with E-state index >= 15 is 0 Å². The van der Waals surface area contributed by atoms with Crippen molar-refractivity contribution in [2.45, 2.75) is 39.5 Å². The standard InChI is InChI=1S/C11H24N4O.HI/c1-3-4-5-6-7-14-11(12)15-9-8-13-10(2)16;/h3-9H2,1-2H3,(H,13,16)(H3,12,14,15);1H. The highest BCUT2D eigenvalue weighted by Crippen LogP contribution is 1.98. The molecule has 0 saturated carbocycles. The zero-order valence-electron chi connectivity index (χ0n) is 10.8. The van der Waals surface area contributed by atoms with Gasteiger partial charge in [-0.25, -0.2) is 0 Å². The molecule has 0 unspecified atom stereocenters. The summed E-state index contributed by atoms with van der Waals surface area (Å²) >= 11 is 0. The molecule has 1 amide bonds. The van der Waals surface area contributed by atoms with E-state index in [4.69, 9.17) is 5.73 Å². The normalized spacial score (nSPS) is 10.6. The minimum Gasteiger partial charge on any atom is -0.370 e. The molecule has 0 aliphatic rings. The van der Waals surface area contributed by atoms with Gasteiger partial charge in [-0.05, 0) is 6.42 Å². The van der Waals surface area contributed by atoms with Crippen LogP contribution in [0.5, 0.6) is 0 Å². The lowest BCUT2D eigenvalue weighted by Gasteiger charge is -2.05. The van der Waals surface area contributed by atoms with Crippen LogP contribution in [-0.2, 0) is 4.79 Å². The molecular formula is C11H25IN4O. The number of nitrogens with zero attached hydrogens (tertiary/aromatic N) is 1. The van der Waals surface area contributed by atoms with Crippen molar-refractivity contribution in [3.05, 3.63) is 0 Å². The number of nitrogens with one attached hydrogen (secondary N) is 2. The van der Waals surface area contributed by atoms with E-state index in [1.807, 2.05) is 0 Å². The lowest BCUT2D eigenvalue weighted by Crippen LogP contribution is -2.38. The molecule has 0 spiro atoms. The summed E-state index contributed by atoms with van der Waals surface area (Å²) in [7, 11) is 0. The van der Waals surface area contributed by atoms with Crippen molar-refractivity contribution in [1.29, 1.82) is 0 Å². The summed E-state index contributed by atoms with van der Waals surface area (Å²) in [5.41, 5.74) is 5.63. The Labute approximate surface area is 121 Å². The number of aliphatic imine (C=N–C) groups is 1. The van der Waals surface area contributed by atoms with Gasteiger partial charge in [0.25, 0.3) is 0 Å². The number of guanidine groups is 1. The first-order chi connectivity index (χ1) is 7.66. The minimum atomic E-state index is -0.0307. The van der Waals surface area contributed by atoms with E-state index in [2.05, 4.69) is 22.5 Å². The number of rotatable bonds is 8. The fourth-order valence-corrected chi connectivity index (χ4v) is 1.22. The lowest BCUT2D eigenvalue weighted by molar-refractivity contribution is -0.118. The number of unbranched alkanes of at least 4 members (excludes halogenated alkanes) is 3. The molecule has 0 aromatic heterocycles. The van der Waals surface area contributed by atoms with Gasteiger partial charge in [0.15, 0.2) is 5.96 Å². The van der Waals surface area contributed by atoms with Crippen LogP contribution in [0, 0.1) is 0 Å². The van der Waals surface area contributed by atoms with Crippen molar-refractivity contribution in [2.75, 3.05) is 19.6 Å². The molecule has 6 heteroatoms. The fraction of sp³-hybridized carbons (Fsp3) is 0.818. The van der Waals surface area contributed by atoms with Gasteiger partial charge in [-0.15, -0.1) is 24.0 Å². The molecule has 0 aromatic rings. The first-order valence-electron chi connectivity index (χ1n) is 5.95. The van der Waals surface area contributed by atoms with E-state index in [9.17, 15) is 4.79 Å². The van der Waals surface area contributed by atoms with E-state index in [1.165, 1.54) is 26.2 Å². The summed E-state index contributed by atoms with van der Waals surface area (Å²) in [6.07, 6.45) is 4.78. The largest absolute Gasteiger partial charge is 0.370 e. The number of carbonyl (C=O) groups excluding carboxylic acids is 1. The molecule has 0 fully saturated rings.